The third-order valence-corrected chi connectivity index (χ3v) is 4.14. The van der Waals surface area contributed by atoms with Gasteiger partial charge in [-0.3, -0.25) is 14.4 Å². The van der Waals surface area contributed by atoms with Crippen LogP contribution in [0.25, 0.3) is 0 Å². The Bertz CT molecular complexity index is 590. The van der Waals surface area contributed by atoms with Crippen molar-refractivity contribution in [3.8, 4) is 5.75 Å². The first-order chi connectivity index (χ1) is 12.0. The van der Waals surface area contributed by atoms with Gasteiger partial charge in [0, 0.05) is 18.0 Å². The number of rotatable bonds is 9. The summed E-state index contributed by atoms with van der Waals surface area (Å²) in [5.74, 6) is 0.0136. The van der Waals surface area contributed by atoms with E-state index in [0.717, 1.165) is 25.7 Å². The van der Waals surface area contributed by atoms with Crippen LogP contribution < -0.4 is 10.1 Å². The second-order valence-corrected chi connectivity index (χ2v) is 6.24. The van der Waals surface area contributed by atoms with Crippen LogP contribution in [0.5, 0.6) is 5.75 Å². The number of benzene rings is 1. The zero-order valence-corrected chi connectivity index (χ0v) is 14.6. The van der Waals surface area contributed by atoms with Crippen LogP contribution in [0.2, 0.25) is 0 Å². The topological polar surface area (TPSA) is 81.7 Å². The Labute approximate surface area is 147 Å². The number of carbonyl (C=O) groups is 3. The number of nitrogens with one attached hydrogen (secondary N) is 1. The molecule has 1 aromatic rings. The van der Waals surface area contributed by atoms with Gasteiger partial charge in [-0.05, 0) is 50.5 Å². The fourth-order valence-electron chi connectivity index (χ4n) is 2.75. The predicted molar refractivity (Wildman–Crippen MR) is 92.5 cm³/mol. The highest BCUT2D eigenvalue weighted by atomic mass is 16.5. The van der Waals surface area contributed by atoms with E-state index in [1.54, 1.807) is 24.3 Å². The van der Waals surface area contributed by atoms with Crippen molar-refractivity contribution in [2.24, 2.45) is 0 Å². The largest absolute Gasteiger partial charge is 0.494 e. The lowest BCUT2D eigenvalue weighted by atomic mass is 10.1. The number of esters is 1. The number of hydrogen-bond donors (Lipinski definition) is 1. The lowest BCUT2D eigenvalue weighted by Crippen LogP contribution is -2.35. The molecule has 25 heavy (non-hydrogen) atoms. The van der Waals surface area contributed by atoms with Crippen LogP contribution in [0, 0.1) is 0 Å². The lowest BCUT2D eigenvalue weighted by molar-refractivity contribution is -0.148. The van der Waals surface area contributed by atoms with Crippen LogP contribution in [0.4, 0.5) is 0 Å². The Kier molecular flexibility index (Phi) is 7.44. The minimum atomic E-state index is -0.405. The molecule has 0 saturated heterocycles. The van der Waals surface area contributed by atoms with Gasteiger partial charge in [0.15, 0.2) is 12.4 Å². The van der Waals surface area contributed by atoms with Gasteiger partial charge < -0.3 is 14.8 Å². The predicted octanol–water partition coefficient (Wildman–Crippen LogP) is 2.65. The summed E-state index contributed by atoms with van der Waals surface area (Å²) < 4.78 is 10.5. The van der Waals surface area contributed by atoms with E-state index in [9.17, 15) is 14.4 Å². The summed E-state index contributed by atoms with van der Waals surface area (Å²) in [4.78, 5) is 34.5. The zero-order valence-electron chi connectivity index (χ0n) is 14.6. The quantitative estimate of drug-likeness (QED) is 0.422. The number of ketones is 1. The Morgan fingerprint density at radius 2 is 1.80 bits per heavy atom. The van der Waals surface area contributed by atoms with Gasteiger partial charge in [-0.1, -0.05) is 12.8 Å². The number of carbonyl (C=O) groups excluding carboxylic acids is 3. The van der Waals surface area contributed by atoms with Crippen LogP contribution in [0.15, 0.2) is 24.3 Å². The Morgan fingerprint density at radius 3 is 2.44 bits per heavy atom. The fraction of sp³-hybridized carbons (Fsp3) is 0.526. The minimum absolute atomic E-state index is 0.00580. The number of amides is 1. The van der Waals surface area contributed by atoms with Crippen molar-refractivity contribution >= 4 is 17.7 Å². The molecule has 1 aromatic carbocycles. The molecular formula is C19H25NO5. The number of ether oxygens (including phenoxy) is 2. The molecule has 1 N–H and O–H groups in total. The molecule has 0 bridgehead atoms. The highest BCUT2D eigenvalue weighted by Crippen LogP contribution is 2.17. The van der Waals surface area contributed by atoms with E-state index in [1.807, 2.05) is 0 Å². The van der Waals surface area contributed by atoms with Gasteiger partial charge in [0.1, 0.15) is 5.75 Å². The molecule has 0 aliphatic heterocycles. The maximum absolute atomic E-state index is 11.7. The van der Waals surface area contributed by atoms with Crippen LogP contribution in [-0.4, -0.2) is 36.9 Å². The van der Waals surface area contributed by atoms with Gasteiger partial charge in [-0.2, -0.15) is 0 Å². The molecule has 6 nitrogen and oxygen atoms in total. The molecule has 0 aromatic heterocycles. The van der Waals surface area contributed by atoms with Gasteiger partial charge in [-0.25, -0.2) is 0 Å². The zero-order chi connectivity index (χ0) is 18.1. The first-order valence-corrected chi connectivity index (χ1v) is 8.73. The molecule has 1 saturated carbocycles. The monoisotopic (exact) mass is 347 g/mol. The highest BCUT2D eigenvalue weighted by Gasteiger charge is 2.17. The van der Waals surface area contributed by atoms with Gasteiger partial charge in [0.2, 0.25) is 0 Å². The van der Waals surface area contributed by atoms with Crippen molar-refractivity contribution in [2.75, 3.05) is 13.2 Å². The average Bonchev–Trinajstić information content (AvgIpc) is 3.10. The maximum atomic E-state index is 11.7. The molecule has 0 radical (unpaired) electrons. The lowest BCUT2D eigenvalue weighted by Gasteiger charge is -2.12. The Hall–Kier alpha value is -2.37. The fourth-order valence-corrected chi connectivity index (χ4v) is 2.75. The number of Topliss-reactive ketones (excluding diaryl/α,β-unsaturated/α-hetero) is 1. The van der Waals surface area contributed by atoms with Crippen molar-refractivity contribution in [3.63, 3.8) is 0 Å². The van der Waals surface area contributed by atoms with E-state index in [1.165, 1.54) is 6.92 Å². The SMILES string of the molecule is CC(=O)c1ccc(OCCCC(=O)OCC(=O)NC2CCCC2)cc1. The molecule has 0 heterocycles. The van der Waals surface area contributed by atoms with Crippen molar-refractivity contribution in [1.82, 2.24) is 5.32 Å². The summed E-state index contributed by atoms with van der Waals surface area (Å²) in [6.45, 7) is 1.65. The van der Waals surface area contributed by atoms with Gasteiger partial charge in [0.25, 0.3) is 5.91 Å². The van der Waals surface area contributed by atoms with E-state index in [4.69, 9.17) is 9.47 Å². The molecule has 1 fully saturated rings. The molecule has 0 atom stereocenters. The molecule has 136 valence electrons. The maximum Gasteiger partial charge on any atom is 0.306 e. The van der Waals surface area contributed by atoms with Gasteiger partial charge in [-0.15, -0.1) is 0 Å². The van der Waals surface area contributed by atoms with Gasteiger partial charge in [0.05, 0.1) is 6.61 Å². The molecule has 6 heteroatoms. The average molecular weight is 347 g/mol. The summed E-state index contributed by atoms with van der Waals surface area (Å²) in [7, 11) is 0. The summed E-state index contributed by atoms with van der Waals surface area (Å²) >= 11 is 0. The molecule has 2 rings (SSSR count). The highest BCUT2D eigenvalue weighted by molar-refractivity contribution is 5.94. The van der Waals surface area contributed by atoms with Crippen molar-refractivity contribution in [3.05, 3.63) is 29.8 Å². The summed E-state index contributed by atoms with van der Waals surface area (Å²) in [6.07, 6.45) is 4.99. The third kappa shape index (κ3) is 6.95. The van der Waals surface area contributed by atoms with Crippen LogP contribution in [-0.2, 0) is 14.3 Å². The van der Waals surface area contributed by atoms with E-state index < -0.39 is 5.97 Å². The van der Waals surface area contributed by atoms with Gasteiger partial charge >= 0.3 is 5.97 Å². The Balaban J connectivity index is 1.55. The van der Waals surface area contributed by atoms with Crippen molar-refractivity contribution < 1.29 is 23.9 Å². The molecule has 0 spiro atoms. The summed E-state index contributed by atoms with van der Waals surface area (Å²) in [6, 6.07) is 7.09. The van der Waals surface area contributed by atoms with E-state index >= 15 is 0 Å². The van der Waals surface area contributed by atoms with Crippen molar-refractivity contribution in [2.45, 2.75) is 51.5 Å². The first-order valence-electron chi connectivity index (χ1n) is 8.73. The standard InChI is InChI=1S/C19H25NO5/c1-14(21)15-8-10-17(11-9-15)24-12-4-7-19(23)25-13-18(22)20-16-5-2-3-6-16/h8-11,16H,2-7,12-13H2,1H3,(H,20,22). The van der Waals surface area contributed by atoms with Crippen LogP contribution in [0.3, 0.4) is 0 Å². The molecule has 1 amide bonds. The second kappa shape index (κ2) is 9.81. The number of hydrogen-bond acceptors (Lipinski definition) is 5. The minimum Gasteiger partial charge on any atom is -0.494 e. The molecule has 0 unspecified atom stereocenters. The normalized spacial score (nSPS) is 14.1. The van der Waals surface area contributed by atoms with E-state index in [2.05, 4.69) is 5.32 Å². The smallest absolute Gasteiger partial charge is 0.306 e. The third-order valence-electron chi connectivity index (χ3n) is 4.14. The summed E-state index contributed by atoms with van der Waals surface area (Å²) in [5.41, 5.74) is 0.631. The van der Waals surface area contributed by atoms with Crippen molar-refractivity contribution in [1.29, 1.82) is 0 Å². The van der Waals surface area contributed by atoms with Crippen LogP contribution in [0.1, 0.15) is 55.8 Å². The molecule has 1 aliphatic rings. The first kappa shape index (κ1) is 19.0. The van der Waals surface area contributed by atoms with E-state index in [-0.39, 0.29) is 30.8 Å². The van der Waals surface area contributed by atoms with E-state index in [0.29, 0.717) is 24.3 Å². The summed E-state index contributed by atoms with van der Waals surface area (Å²) in [5, 5.41) is 2.87. The molecular weight excluding hydrogens is 322 g/mol. The van der Waals surface area contributed by atoms with Crippen LogP contribution >= 0.6 is 0 Å². The molecule has 1 aliphatic carbocycles. The second-order valence-electron chi connectivity index (χ2n) is 6.24. The Morgan fingerprint density at radius 1 is 1.12 bits per heavy atom.